The highest BCUT2D eigenvalue weighted by molar-refractivity contribution is 7.99. The first-order chi connectivity index (χ1) is 13.6. The lowest BCUT2D eigenvalue weighted by Gasteiger charge is -2.11. The predicted octanol–water partition coefficient (Wildman–Crippen LogP) is 4.37. The molecule has 8 heteroatoms. The summed E-state index contributed by atoms with van der Waals surface area (Å²) in [5, 5.41) is 11.7. The number of carbonyl (C=O) groups is 1. The number of benzene rings is 2. The molecule has 146 valence electrons. The topological polar surface area (TPSA) is 59.8 Å². The monoisotopic (exact) mass is 402 g/mol. The summed E-state index contributed by atoms with van der Waals surface area (Å²) in [6.45, 7) is 2.17. The zero-order valence-corrected chi connectivity index (χ0v) is 16.2. The van der Waals surface area contributed by atoms with Crippen LogP contribution in [0.15, 0.2) is 53.7 Å². The number of hydrogen-bond donors (Lipinski definition) is 1. The molecule has 0 fully saturated rings. The zero-order chi connectivity index (χ0) is 19.9. The van der Waals surface area contributed by atoms with Crippen molar-refractivity contribution in [2.45, 2.75) is 31.5 Å². The lowest BCUT2D eigenvalue weighted by molar-refractivity contribution is 0.0945. The van der Waals surface area contributed by atoms with Crippen molar-refractivity contribution < 1.29 is 13.6 Å². The van der Waals surface area contributed by atoms with E-state index < -0.39 is 11.7 Å². The first-order valence-corrected chi connectivity index (χ1v) is 9.94. The maximum atomic E-state index is 13.8. The number of carbonyl (C=O) groups excluding carboxylic acids is 1. The summed E-state index contributed by atoms with van der Waals surface area (Å²) in [6, 6.07) is 11.8. The van der Waals surface area contributed by atoms with Crippen LogP contribution >= 0.6 is 11.8 Å². The largest absolute Gasteiger partial charge is 0.345 e. The van der Waals surface area contributed by atoms with E-state index in [0.29, 0.717) is 16.7 Å². The van der Waals surface area contributed by atoms with E-state index in [-0.39, 0.29) is 17.9 Å². The van der Waals surface area contributed by atoms with Crippen molar-refractivity contribution in [2.24, 2.45) is 0 Å². The molecule has 0 unspecified atom stereocenters. The molecule has 3 aromatic rings. The maximum Gasteiger partial charge on any atom is 0.254 e. The van der Waals surface area contributed by atoms with Crippen molar-refractivity contribution in [3.05, 3.63) is 71.6 Å². The van der Waals surface area contributed by atoms with Gasteiger partial charge in [0.25, 0.3) is 5.91 Å². The van der Waals surface area contributed by atoms with Crippen molar-refractivity contribution in [3.8, 4) is 5.69 Å². The Balaban J connectivity index is 1.82. The Bertz CT molecular complexity index is 944. The van der Waals surface area contributed by atoms with Crippen LogP contribution in [-0.2, 0) is 6.54 Å². The van der Waals surface area contributed by atoms with E-state index >= 15 is 0 Å². The summed E-state index contributed by atoms with van der Waals surface area (Å²) in [6.07, 6.45) is 2.09. The maximum absolute atomic E-state index is 13.8. The molecule has 0 aliphatic rings. The summed E-state index contributed by atoms with van der Waals surface area (Å²) in [7, 11) is 0. The van der Waals surface area contributed by atoms with Crippen LogP contribution < -0.4 is 5.32 Å². The standard InChI is InChI=1S/C20H20F2N4OS/c1-2-3-12-28-20-25-24-18(26(20)15-10-8-14(21)9-11-15)13-23-19(27)16-6-4-5-7-17(16)22/h4-11H,2-3,12-13H2,1H3,(H,23,27). The van der Waals surface area contributed by atoms with Crippen molar-refractivity contribution in [1.82, 2.24) is 20.1 Å². The fraction of sp³-hybridized carbons (Fsp3) is 0.250. The van der Waals surface area contributed by atoms with Gasteiger partial charge in [-0.05, 0) is 42.8 Å². The highest BCUT2D eigenvalue weighted by Gasteiger charge is 2.17. The number of nitrogens with one attached hydrogen (secondary N) is 1. The second-order valence-electron chi connectivity index (χ2n) is 6.08. The van der Waals surface area contributed by atoms with Gasteiger partial charge in [-0.1, -0.05) is 37.2 Å². The number of nitrogens with zero attached hydrogens (tertiary/aromatic N) is 3. The van der Waals surface area contributed by atoms with E-state index in [1.165, 1.54) is 30.3 Å². The van der Waals surface area contributed by atoms with Gasteiger partial charge in [0, 0.05) is 11.4 Å². The van der Waals surface area contributed by atoms with Gasteiger partial charge in [-0.3, -0.25) is 9.36 Å². The molecule has 0 saturated heterocycles. The van der Waals surface area contributed by atoms with E-state index in [2.05, 4.69) is 22.4 Å². The van der Waals surface area contributed by atoms with Gasteiger partial charge in [-0.15, -0.1) is 10.2 Å². The number of unbranched alkanes of at least 4 members (excludes halogenated alkanes) is 1. The average molecular weight is 402 g/mol. The summed E-state index contributed by atoms with van der Waals surface area (Å²) in [4.78, 5) is 12.3. The molecule has 1 aromatic heterocycles. The fourth-order valence-electron chi connectivity index (χ4n) is 2.57. The Hall–Kier alpha value is -2.74. The van der Waals surface area contributed by atoms with Crippen LogP contribution in [0, 0.1) is 11.6 Å². The molecule has 0 bridgehead atoms. The lowest BCUT2D eigenvalue weighted by Crippen LogP contribution is -2.25. The van der Waals surface area contributed by atoms with Gasteiger partial charge >= 0.3 is 0 Å². The third-order valence-corrected chi connectivity index (χ3v) is 5.06. The Labute approximate surface area is 166 Å². The third-order valence-electron chi connectivity index (χ3n) is 4.04. The van der Waals surface area contributed by atoms with E-state index in [9.17, 15) is 13.6 Å². The van der Waals surface area contributed by atoms with Crippen LogP contribution in [0.5, 0.6) is 0 Å². The second-order valence-corrected chi connectivity index (χ2v) is 7.14. The van der Waals surface area contributed by atoms with Gasteiger partial charge in [-0.25, -0.2) is 8.78 Å². The van der Waals surface area contributed by atoms with Crippen molar-refractivity contribution in [3.63, 3.8) is 0 Å². The van der Waals surface area contributed by atoms with Crippen LogP contribution in [0.2, 0.25) is 0 Å². The van der Waals surface area contributed by atoms with Crippen molar-refractivity contribution >= 4 is 17.7 Å². The molecule has 0 aliphatic heterocycles. The smallest absolute Gasteiger partial charge is 0.254 e. The van der Waals surface area contributed by atoms with Crippen LogP contribution in [-0.4, -0.2) is 26.4 Å². The minimum atomic E-state index is -0.587. The van der Waals surface area contributed by atoms with E-state index in [4.69, 9.17) is 0 Å². The molecule has 0 aliphatic carbocycles. The summed E-state index contributed by atoms with van der Waals surface area (Å²) >= 11 is 1.55. The Morgan fingerprint density at radius 2 is 1.86 bits per heavy atom. The minimum Gasteiger partial charge on any atom is -0.345 e. The normalized spacial score (nSPS) is 10.8. The third kappa shape index (κ3) is 4.75. The van der Waals surface area contributed by atoms with Gasteiger partial charge in [0.2, 0.25) is 0 Å². The fourth-order valence-corrected chi connectivity index (χ4v) is 3.62. The van der Waals surface area contributed by atoms with Crippen LogP contribution in [0.3, 0.4) is 0 Å². The average Bonchev–Trinajstić information content (AvgIpc) is 3.10. The van der Waals surface area contributed by atoms with Crippen LogP contribution in [0.1, 0.15) is 35.9 Å². The number of halogens is 2. The van der Waals surface area contributed by atoms with E-state index in [1.54, 1.807) is 34.5 Å². The highest BCUT2D eigenvalue weighted by atomic mass is 32.2. The zero-order valence-electron chi connectivity index (χ0n) is 15.4. The first-order valence-electron chi connectivity index (χ1n) is 8.96. The molecule has 2 aromatic carbocycles. The van der Waals surface area contributed by atoms with Crippen LogP contribution in [0.25, 0.3) is 5.69 Å². The van der Waals surface area contributed by atoms with Crippen molar-refractivity contribution in [2.75, 3.05) is 5.75 Å². The van der Waals surface area contributed by atoms with Gasteiger partial charge in [0.15, 0.2) is 11.0 Å². The summed E-state index contributed by atoms with van der Waals surface area (Å²) in [5.41, 5.74) is 0.661. The minimum absolute atomic E-state index is 0.0344. The number of amides is 1. The molecule has 0 saturated carbocycles. The number of hydrogen-bond acceptors (Lipinski definition) is 4. The van der Waals surface area contributed by atoms with Gasteiger partial charge in [0.05, 0.1) is 12.1 Å². The summed E-state index contributed by atoms with van der Waals surface area (Å²) < 4.78 is 28.9. The summed E-state index contributed by atoms with van der Waals surface area (Å²) in [5.74, 6) is -0.110. The van der Waals surface area contributed by atoms with Crippen LogP contribution in [0.4, 0.5) is 8.78 Å². The molecule has 1 amide bonds. The highest BCUT2D eigenvalue weighted by Crippen LogP contribution is 2.23. The quantitative estimate of drug-likeness (QED) is 0.449. The predicted molar refractivity (Wildman–Crippen MR) is 105 cm³/mol. The Morgan fingerprint density at radius 3 is 2.57 bits per heavy atom. The molecule has 1 N–H and O–H groups in total. The number of aromatic nitrogens is 3. The molecule has 3 rings (SSSR count). The number of thioether (sulfide) groups is 1. The van der Waals surface area contributed by atoms with Gasteiger partial charge in [-0.2, -0.15) is 0 Å². The molecular weight excluding hydrogens is 382 g/mol. The lowest BCUT2D eigenvalue weighted by atomic mass is 10.2. The van der Waals surface area contributed by atoms with Crippen molar-refractivity contribution in [1.29, 1.82) is 0 Å². The van der Waals surface area contributed by atoms with E-state index in [0.717, 1.165) is 18.6 Å². The Kier molecular flexibility index (Phi) is 6.76. The SMILES string of the molecule is CCCCSc1nnc(CNC(=O)c2ccccc2F)n1-c1ccc(F)cc1. The van der Waals surface area contributed by atoms with Gasteiger partial charge < -0.3 is 5.32 Å². The van der Waals surface area contributed by atoms with Gasteiger partial charge in [0.1, 0.15) is 11.6 Å². The molecule has 28 heavy (non-hydrogen) atoms. The first kappa shape index (κ1) is 20.0. The Morgan fingerprint density at radius 1 is 1.11 bits per heavy atom. The molecule has 1 heterocycles. The molecule has 5 nitrogen and oxygen atoms in total. The molecule has 0 spiro atoms. The molecule has 0 atom stereocenters. The number of rotatable bonds is 8. The van der Waals surface area contributed by atoms with E-state index in [1.807, 2.05) is 0 Å². The molecule has 0 radical (unpaired) electrons. The molecular formula is C20H20F2N4OS. The second kappa shape index (κ2) is 9.45.